The average Bonchev–Trinajstić information content (AvgIpc) is 2.68. The molecule has 8 heteroatoms. The number of benzene rings is 1. The predicted molar refractivity (Wildman–Crippen MR) is 110 cm³/mol. The number of carbonyl (C=O) groups is 1. The summed E-state index contributed by atoms with van der Waals surface area (Å²) in [6.45, 7) is 3.45. The molecule has 1 saturated heterocycles. The van der Waals surface area contributed by atoms with Crippen LogP contribution in [0.5, 0.6) is 0 Å². The molecule has 0 spiro atoms. The molecule has 2 N–H and O–H groups in total. The number of rotatable bonds is 6. The zero-order chi connectivity index (χ0) is 19.2. The van der Waals surface area contributed by atoms with Crippen LogP contribution < -0.4 is 10.2 Å². The highest BCUT2D eigenvalue weighted by molar-refractivity contribution is 9.10. The summed E-state index contributed by atoms with van der Waals surface area (Å²) in [5.41, 5.74) is 0. The number of hydrogen-bond acceptors (Lipinski definition) is 6. The SMILES string of the molecule is C[C@H](O)CNC(=O)[C@@H]1CCCN(c2ccc(Sc3ccc(Br)cc3)nn2)C1. The van der Waals surface area contributed by atoms with Crippen molar-refractivity contribution in [1.29, 1.82) is 0 Å². The first kappa shape index (κ1) is 20.1. The highest BCUT2D eigenvalue weighted by atomic mass is 79.9. The molecule has 0 saturated carbocycles. The minimum atomic E-state index is -0.532. The largest absolute Gasteiger partial charge is 0.392 e. The molecule has 6 nitrogen and oxygen atoms in total. The van der Waals surface area contributed by atoms with Crippen molar-refractivity contribution < 1.29 is 9.90 Å². The Hall–Kier alpha value is -1.64. The van der Waals surface area contributed by atoms with E-state index >= 15 is 0 Å². The third kappa shape index (κ3) is 5.92. The monoisotopic (exact) mass is 450 g/mol. The van der Waals surface area contributed by atoms with Crippen LogP contribution in [0, 0.1) is 5.92 Å². The molecule has 0 radical (unpaired) electrons. The van der Waals surface area contributed by atoms with Crippen molar-refractivity contribution in [2.45, 2.75) is 35.8 Å². The van der Waals surface area contributed by atoms with Crippen molar-refractivity contribution in [2.24, 2.45) is 5.92 Å². The van der Waals surface area contributed by atoms with Crippen LogP contribution >= 0.6 is 27.7 Å². The van der Waals surface area contributed by atoms with Crippen LogP contribution in [0.15, 0.2) is 50.8 Å². The van der Waals surface area contributed by atoms with Crippen LogP contribution in [0.25, 0.3) is 0 Å². The molecular weight excluding hydrogens is 428 g/mol. The van der Waals surface area contributed by atoms with Crippen molar-refractivity contribution in [3.8, 4) is 0 Å². The summed E-state index contributed by atoms with van der Waals surface area (Å²) < 4.78 is 1.05. The molecule has 1 aliphatic heterocycles. The van der Waals surface area contributed by atoms with E-state index in [1.54, 1.807) is 18.7 Å². The molecule has 144 valence electrons. The third-order valence-corrected chi connectivity index (χ3v) is 5.81. The van der Waals surface area contributed by atoms with Gasteiger partial charge in [-0.25, -0.2) is 0 Å². The summed E-state index contributed by atoms with van der Waals surface area (Å²) in [4.78, 5) is 15.5. The Bertz CT molecular complexity index is 755. The van der Waals surface area contributed by atoms with Gasteiger partial charge >= 0.3 is 0 Å². The second-order valence-electron chi connectivity index (χ2n) is 6.67. The number of aliphatic hydroxyl groups is 1. The molecule has 0 aliphatic carbocycles. The predicted octanol–water partition coefficient (Wildman–Crippen LogP) is 3.10. The molecule has 1 aromatic heterocycles. The molecule has 1 amide bonds. The lowest BCUT2D eigenvalue weighted by Crippen LogP contribution is -2.44. The van der Waals surface area contributed by atoms with Gasteiger partial charge in [0, 0.05) is 29.0 Å². The standard InChI is InChI=1S/C19H23BrN4O2S/c1-13(25)11-21-19(26)14-3-2-10-24(12-14)17-8-9-18(23-22-17)27-16-6-4-15(20)5-7-16/h4-9,13-14,25H,2-3,10-12H2,1H3,(H,21,26)/t13-,14+/m0/s1. The van der Waals surface area contributed by atoms with E-state index < -0.39 is 6.10 Å². The Morgan fingerprint density at radius 3 is 2.78 bits per heavy atom. The van der Waals surface area contributed by atoms with Crippen molar-refractivity contribution in [3.05, 3.63) is 40.9 Å². The van der Waals surface area contributed by atoms with Gasteiger partial charge in [-0.05, 0) is 56.2 Å². The normalized spacial score (nSPS) is 18.2. The van der Waals surface area contributed by atoms with E-state index in [2.05, 4.69) is 36.3 Å². The van der Waals surface area contributed by atoms with Gasteiger partial charge in [-0.3, -0.25) is 4.79 Å². The van der Waals surface area contributed by atoms with Gasteiger partial charge in [0.15, 0.2) is 5.82 Å². The molecule has 3 rings (SSSR count). The first-order chi connectivity index (χ1) is 13.0. The van der Waals surface area contributed by atoms with Gasteiger partial charge in [0.05, 0.1) is 12.0 Å². The Morgan fingerprint density at radius 1 is 1.33 bits per heavy atom. The summed E-state index contributed by atoms with van der Waals surface area (Å²) in [5, 5.41) is 21.7. The fraction of sp³-hybridized carbons (Fsp3) is 0.421. The van der Waals surface area contributed by atoms with Crippen LogP contribution in [0.4, 0.5) is 5.82 Å². The van der Waals surface area contributed by atoms with Crippen molar-refractivity contribution in [2.75, 3.05) is 24.5 Å². The number of hydrogen-bond donors (Lipinski definition) is 2. The highest BCUT2D eigenvalue weighted by Gasteiger charge is 2.26. The number of amides is 1. The van der Waals surface area contributed by atoms with Crippen LogP contribution in [-0.4, -0.2) is 46.9 Å². The van der Waals surface area contributed by atoms with E-state index in [4.69, 9.17) is 0 Å². The molecule has 2 aromatic rings. The fourth-order valence-electron chi connectivity index (χ4n) is 2.95. The summed E-state index contributed by atoms with van der Waals surface area (Å²) in [6.07, 6.45) is 1.26. The quantitative estimate of drug-likeness (QED) is 0.703. The van der Waals surface area contributed by atoms with Gasteiger partial charge in [0.25, 0.3) is 0 Å². The van der Waals surface area contributed by atoms with E-state index in [0.29, 0.717) is 6.54 Å². The van der Waals surface area contributed by atoms with Gasteiger partial charge in [-0.15, -0.1) is 10.2 Å². The zero-order valence-corrected chi connectivity index (χ0v) is 17.5. The maximum atomic E-state index is 12.3. The highest BCUT2D eigenvalue weighted by Crippen LogP contribution is 2.28. The summed E-state index contributed by atoms with van der Waals surface area (Å²) in [5.74, 6) is 0.704. The average molecular weight is 451 g/mol. The van der Waals surface area contributed by atoms with Gasteiger partial charge < -0.3 is 15.3 Å². The fourth-order valence-corrected chi connectivity index (χ4v) is 3.95. The number of nitrogens with zero attached hydrogens (tertiary/aromatic N) is 3. The number of carbonyl (C=O) groups excluding carboxylic acids is 1. The molecule has 0 bridgehead atoms. The molecule has 2 atom stereocenters. The Labute approximate surface area is 171 Å². The van der Waals surface area contributed by atoms with Crippen LogP contribution in [-0.2, 0) is 4.79 Å². The number of nitrogens with one attached hydrogen (secondary N) is 1. The summed E-state index contributed by atoms with van der Waals surface area (Å²) in [7, 11) is 0. The number of aliphatic hydroxyl groups excluding tert-OH is 1. The van der Waals surface area contributed by atoms with Gasteiger partial charge in [0.1, 0.15) is 5.03 Å². The van der Waals surface area contributed by atoms with Crippen molar-refractivity contribution >= 4 is 39.4 Å². The molecule has 1 fully saturated rings. The molecule has 27 heavy (non-hydrogen) atoms. The summed E-state index contributed by atoms with van der Waals surface area (Å²) >= 11 is 5.00. The zero-order valence-electron chi connectivity index (χ0n) is 15.1. The molecular formula is C19H23BrN4O2S. The van der Waals surface area contributed by atoms with Crippen LogP contribution in [0.1, 0.15) is 19.8 Å². The second-order valence-corrected chi connectivity index (χ2v) is 8.67. The molecule has 2 heterocycles. The smallest absolute Gasteiger partial charge is 0.224 e. The van der Waals surface area contributed by atoms with Gasteiger partial charge in [-0.2, -0.15) is 0 Å². The Morgan fingerprint density at radius 2 is 2.11 bits per heavy atom. The minimum absolute atomic E-state index is 0.00373. The van der Waals surface area contributed by atoms with E-state index in [9.17, 15) is 9.90 Å². The maximum Gasteiger partial charge on any atom is 0.224 e. The first-order valence-electron chi connectivity index (χ1n) is 8.99. The van der Waals surface area contributed by atoms with E-state index in [-0.39, 0.29) is 18.4 Å². The number of piperidine rings is 1. The molecule has 1 aromatic carbocycles. The Kier molecular flexibility index (Phi) is 7.09. The van der Waals surface area contributed by atoms with Crippen LogP contribution in [0.3, 0.4) is 0 Å². The maximum absolute atomic E-state index is 12.3. The minimum Gasteiger partial charge on any atom is -0.392 e. The van der Waals surface area contributed by atoms with Gasteiger partial charge in [-0.1, -0.05) is 27.7 Å². The third-order valence-electron chi connectivity index (χ3n) is 4.35. The lowest BCUT2D eigenvalue weighted by molar-refractivity contribution is -0.125. The lowest BCUT2D eigenvalue weighted by atomic mass is 9.97. The second kappa shape index (κ2) is 9.52. The topological polar surface area (TPSA) is 78.4 Å². The number of anilines is 1. The van der Waals surface area contributed by atoms with Crippen molar-refractivity contribution in [3.63, 3.8) is 0 Å². The van der Waals surface area contributed by atoms with E-state index in [1.807, 2.05) is 36.4 Å². The van der Waals surface area contributed by atoms with Crippen molar-refractivity contribution in [1.82, 2.24) is 15.5 Å². The Balaban J connectivity index is 1.59. The number of aromatic nitrogens is 2. The lowest BCUT2D eigenvalue weighted by Gasteiger charge is -2.32. The molecule has 1 aliphatic rings. The summed E-state index contributed by atoms with van der Waals surface area (Å²) in [6, 6.07) is 12.0. The number of halogens is 1. The van der Waals surface area contributed by atoms with Crippen LogP contribution in [0.2, 0.25) is 0 Å². The first-order valence-corrected chi connectivity index (χ1v) is 10.6. The van der Waals surface area contributed by atoms with E-state index in [0.717, 1.165) is 39.6 Å². The molecule has 0 unspecified atom stereocenters. The van der Waals surface area contributed by atoms with Gasteiger partial charge in [0.2, 0.25) is 5.91 Å². The van der Waals surface area contributed by atoms with E-state index in [1.165, 1.54) is 0 Å².